The van der Waals surface area contributed by atoms with Crippen LogP contribution in [0.3, 0.4) is 0 Å². The van der Waals surface area contributed by atoms with E-state index in [0.717, 1.165) is 45.0 Å². The second kappa shape index (κ2) is 7.86. The number of nitrogens with one attached hydrogen (secondary N) is 1. The van der Waals surface area contributed by atoms with Gasteiger partial charge in [0.15, 0.2) is 0 Å². The van der Waals surface area contributed by atoms with Crippen LogP contribution in [-0.4, -0.2) is 45.7 Å². The Morgan fingerprint density at radius 3 is 2.53 bits per heavy atom. The average Bonchev–Trinajstić information content (AvgIpc) is 3.27. The molecule has 1 N–H and O–H groups in total. The lowest BCUT2D eigenvalue weighted by molar-refractivity contribution is -0.114. The van der Waals surface area contributed by atoms with Crippen LogP contribution in [-0.2, 0) is 14.6 Å². The summed E-state index contributed by atoms with van der Waals surface area (Å²) in [6, 6.07) is 8.17. The molecule has 0 saturated heterocycles. The highest BCUT2D eigenvalue weighted by molar-refractivity contribution is 8.16. The Morgan fingerprint density at radius 2 is 1.88 bits per heavy atom. The fourth-order valence-electron chi connectivity index (χ4n) is 3.85. The van der Waals surface area contributed by atoms with Crippen LogP contribution in [0, 0.1) is 33.1 Å². The highest BCUT2D eigenvalue weighted by atomic mass is 32.2. The molecule has 0 aliphatic carbocycles. The van der Waals surface area contributed by atoms with Gasteiger partial charge in [0, 0.05) is 17.1 Å². The number of amides is 1. The van der Waals surface area contributed by atoms with Gasteiger partial charge in [-0.25, -0.2) is 13.3 Å². The molecule has 1 aromatic heterocycles. The number of aryl methyl sites for hydroxylation is 3. The van der Waals surface area contributed by atoms with Gasteiger partial charge in [-0.15, -0.1) is 0 Å². The van der Waals surface area contributed by atoms with Gasteiger partial charge in [-0.05, 0) is 57.0 Å². The third-order valence-corrected chi connectivity index (χ3v) is 7.92. The van der Waals surface area contributed by atoms with Gasteiger partial charge < -0.3 is 4.57 Å². The van der Waals surface area contributed by atoms with Crippen LogP contribution in [0.2, 0.25) is 0 Å². The van der Waals surface area contributed by atoms with Crippen molar-refractivity contribution in [3.8, 4) is 5.69 Å². The maximum atomic E-state index is 12.7. The Balaban J connectivity index is 1.79. The Labute approximate surface area is 191 Å². The van der Waals surface area contributed by atoms with Crippen molar-refractivity contribution in [1.82, 2.24) is 9.47 Å². The number of carbonyl (C=O) groups is 1. The lowest BCUT2D eigenvalue weighted by Gasteiger charge is -2.24. The summed E-state index contributed by atoms with van der Waals surface area (Å²) in [6.45, 7) is 9.54. The normalized spacial score (nSPS) is 17.7. The number of nitrogens with zero attached hydrogens (tertiary/aromatic N) is 4. The Hall–Kier alpha value is -2.98. The molecule has 0 bridgehead atoms. The summed E-state index contributed by atoms with van der Waals surface area (Å²) in [6.07, 6.45) is 1.60. The summed E-state index contributed by atoms with van der Waals surface area (Å²) in [4.78, 5) is 17.8. The highest BCUT2D eigenvalue weighted by Crippen LogP contribution is 2.31. The van der Waals surface area contributed by atoms with Crippen molar-refractivity contribution in [1.29, 1.82) is 5.41 Å². The lowest BCUT2D eigenvalue weighted by atomic mass is 10.1. The van der Waals surface area contributed by atoms with Gasteiger partial charge in [-0.2, -0.15) is 9.39 Å². The van der Waals surface area contributed by atoms with E-state index in [1.165, 1.54) is 12.5 Å². The van der Waals surface area contributed by atoms with Crippen LogP contribution in [0.4, 0.5) is 0 Å². The minimum absolute atomic E-state index is 0.0242. The predicted octanol–water partition coefficient (Wildman–Crippen LogP) is 3.72. The summed E-state index contributed by atoms with van der Waals surface area (Å²) in [5.41, 5.74) is 6.01. The Morgan fingerprint density at radius 1 is 1.16 bits per heavy atom. The topological polar surface area (TPSA) is 108 Å². The summed E-state index contributed by atoms with van der Waals surface area (Å²) < 4.78 is 30.9. The van der Waals surface area contributed by atoms with Crippen molar-refractivity contribution in [2.45, 2.75) is 34.6 Å². The molecule has 2 aliphatic rings. The van der Waals surface area contributed by atoms with Crippen LogP contribution in [0.25, 0.3) is 11.8 Å². The molecule has 4 rings (SSSR count). The minimum Gasteiger partial charge on any atom is -0.318 e. The monoisotopic (exact) mass is 469 g/mol. The van der Waals surface area contributed by atoms with Gasteiger partial charge in [-0.3, -0.25) is 10.2 Å². The first-order valence-electron chi connectivity index (χ1n) is 10.0. The SMILES string of the molecule is CCS(=O)(=O)C1=NSC2=NC(=O)/C(=C\c3cc(C)n(-c4ccc(C)cc4C)c3C)C(=N)N21. The van der Waals surface area contributed by atoms with Crippen molar-refractivity contribution in [2.75, 3.05) is 5.75 Å². The van der Waals surface area contributed by atoms with E-state index in [2.05, 4.69) is 39.1 Å². The first-order valence-corrected chi connectivity index (χ1v) is 12.5. The summed E-state index contributed by atoms with van der Waals surface area (Å²) in [5.74, 6) is -0.986. The number of amidine groups is 3. The molecule has 1 amide bonds. The van der Waals surface area contributed by atoms with E-state index < -0.39 is 15.7 Å². The number of aliphatic imine (C=N–C) groups is 1. The number of hydrogen-bond donors (Lipinski definition) is 1. The zero-order valence-electron chi connectivity index (χ0n) is 18.4. The number of fused-ring (bicyclic) bond motifs is 1. The Kier molecular flexibility index (Phi) is 5.46. The average molecular weight is 470 g/mol. The van der Waals surface area contributed by atoms with Gasteiger partial charge in [0.2, 0.25) is 20.2 Å². The smallest absolute Gasteiger partial charge is 0.283 e. The van der Waals surface area contributed by atoms with E-state index in [4.69, 9.17) is 5.41 Å². The third-order valence-electron chi connectivity index (χ3n) is 5.52. The summed E-state index contributed by atoms with van der Waals surface area (Å²) in [5, 5.41) is 8.41. The fraction of sp³-hybridized carbons (Fsp3) is 0.273. The van der Waals surface area contributed by atoms with Crippen LogP contribution >= 0.6 is 11.9 Å². The van der Waals surface area contributed by atoms with E-state index in [-0.39, 0.29) is 27.5 Å². The molecule has 8 nitrogen and oxygen atoms in total. The van der Waals surface area contributed by atoms with Crippen LogP contribution in [0.5, 0.6) is 0 Å². The van der Waals surface area contributed by atoms with E-state index in [1.807, 2.05) is 26.8 Å². The molecule has 0 unspecified atom stereocenters. The van der Waals surface area contributed by atoms with Crippen LogP contribution in [0.1, 0.15) is 35.0 Å². The Bertz CT molecular complexity index is 1380. The van der Waals surface area contributed by atoms with Crippen molar-refractivity contribution in [2.24, 2.45) is 9.39 Å². The highest BCUT2D eigenvalue weighted by Gasteiger charge is 2.42. The first-order chi connectivity index (χ1) is 15.0. The molecule has 2 aromatic rings. The number of benzene rings is 1. The van der Waals surface area contributed by atoms with Gasteiger partial charge in [0.25, 0.3) is 5.91 Å². The molecule has 32 heavy (non-hydrogen) atoms. The van der Waals surface area contributed by atoms with Gasteiger partial charge in [0.05, 0.1) is 23.3 Å². The molecule has 2 aliphatic heterocycles. The molecule has 0 spiro atoms. The van der Waals surface area contributed by atoms with Crippen molar-refractivity contribution in [3.05, 3.63) is 57.9 Å². The zero-order valence-corrected chi connectivity index (χ0v) is 20.1. The second-order valence-electron chi connectivity index (χ2n) is 7.76. The first kappa shape index (κ1) is 22.2. The molecule has 0 radical (unpaired) electrons. The van der Waals surface area contributed by atoms with Gasteiger partial charge >= 0.3 is 0 Å². The number of aromatic nitrogens is 1. The maximum Gasteiger partial charge on any atom is 0.283 e. The largest absolute Gasteiger partial charge is 0.318 e. The maximum absolute atomic E-state index is 12.7. The third kappa shape index (κ3) is 3.53. The lowest BCUT2D eigenvalue weighted by Crippen LogP contribution is -2.45. The second-order valence-corrected chi connectivity index (χ2v) is 10.7. The number of sulfone groups is 1. The minimum atomic E-state index is -3.68. The van der Waals surface area contributed by atoms with Gasteiger partial charge in [0.1, 0.15) is 5.84 Å². The fourth-order valence-corrected chi connectivity index (χ4v) is 5.81. The summed E-state index contributed by atoms with van der Waals surface area (Å²) >= 11 is 0.794. The molecule has 0 saturated carbocycles. The molecule has 3 heterocycles. The molecule has 166 valence electrons. The quantitative estimate of drug-likeness (QED) is 0.544. The van der Waals surface area contributed by atoms with Crippen molar-refractivity contribution in [3.63, 3.8) is 0 Å². The molecule has 10 heteroatoms. The van der Waals surface area contributed by atoms with Gasteiger partial charge in [-0.1, -0.05) is 24.6 Å². The molecule has 0 atom stereocenters. The van der Waals surface area contributed by atoms with E-state index >= 15 is 0 Å². The molecular weight excluding hydrogens is 446 g/mol. The van der Waals surface area contributed by atoms with E-state index in [9.17, 15) is 13.2 Å². The van der Waals surface area contributed by atoms with E-state index in [0.29, 0.717) is 0 Å². The molecule has 0 fully saturated rings. The van der Waals surface area contributed by atoms with Crippen molar-refractivity contribution < 1.29 is 13.2 Å². The summed E-state index contributed by atoms with van der Waals surface area (Å²) in [7, 11) is -3.68. The number of carbonyl (C=O) groups excluding carboxylic acids is 1. The molecule has 1 aromatic carbocycles. The van der Waals surface area contributed by atoms with Crippen molar-refractivity contribution >= 4 is 49.9 Å². The van der Waals surface area contributed by atoms with Crippen LogP contribution in [0.15, 0.2) is 39.2 Å². The number of hydrogen-bond acceptors (Lipinski definition) is 6. The van der Waals surface area contributed by atoms with Crippen LogP contribution < -0.4 is 0 Å². The number of rotatable bonds is 3. The standard InChI is InChI=1S/C22H23N5O3S2/c1-6-32(29,30)22-25-31-21-24-20(28)17(19(23)27(21)22)11-16-10-14(4)26(15(16)5)18-8-7-12(2)9-13(18)3/h7-11,23H,6H2,1-5H3/b17-11-,23-19?. The predicted molar refractivity (Wildman–Crippen MR) is 129 cm³/mol. The zero-order chi connectivity index (χ0) is 23.4. The van der Waals surface area contributed by atoms with E-state index in [1.54, 1.807) is 6.08 Å². The molecular formula is C22H23N5O3S2.